The van der Waals surface area contributed by atoms with Gasteiger partial charge in [-0.3, -0.25) is 14.2 Å². The quantitative estimate of drug-likeness (QED) is 0.812. The first-order valence-electron chi connectivity index (χ1n) is 8.73. The third-order valence-corrected chi connectivity index (χ3v) is 5.06. The van der Waals surface area contributed by atoms with Gasteiger partial charge in [0.1, 0.15) is 0 Å². The molecule has 0 radical (unpaired) electrons. The lowest BCUT2D eigenvalue weighted by atomic mass is 9.96. The Morgan fingerprint density at radius 3 is 2.65 bits per heavy atom. The van der Waals surface area contributed by atoms with E-state index in [9.17, 15) is 9.59 Å². The summed E-state index contributed by atoms with van der Waals surface area (Å²) in [6, 6.07) is 1.52. The molecule has 1 aromatic heterocycles. The minimum Gasteiger partial charge on any atom is -0.341 e. The number of carbonyl (C=O) groups excluding carboxylic acids is 1. The smallest absolute Gasteiger partial charge is 0.253 e. The monoisotopic (exact) mass is 318 g/mol. The Balaban J connectivity index is 1.41. The van der Waals surface area contributed by atoms with Crippen LogP contribution < -0.4 is 5.56 Å². The van der Waals surface area contributed by atoms with Crippen LogP contribution in [0.5, 0.6) is 0 Å². The highest BCUT2D eigenvalue weighted by molar-refractivity contribution is 5.76. The SMILES string of the molecule is O=C1CCCCN1CCN1CCC(Cn2cnccc2=O)CC1. The first-order valence-corrected chi connectivity index (χ1v) is 8.73. The molecule has 3 rings (SSSR count). The van der Waals surface area contributed by atoms with Crippen molar-refractivity contribution in [1.29, 1.82) is 0 Å². The van der Waals surface area contributed by atoms with Gasteiger partial charge in [-0.1, -0.05) is 0 Å². The summed E-state index contributed by atoms with van der Waals surface area (Å²) >= 11 is 0. The van der Waals surface area contributed by atoms with E-state index in [2.05, 4.69) is 9.88 Å². The standard InChI is InChI=1S/C17H26N4O2/c22-16-3-1-2-8-20(16)12-11-19-9-5-15(6-10-19)13-21-14-18-7-4-17(21)23/h4,7,14-15H,1-3,5-6,8-13H2. The van der Waals surface area contributed by atoms with Gasteiger partial charge < -0.3 is 9.80 Å². The molecule has 0 atom stereocenters. The van der Waals surface area contributed by atoms with Crippen LogP contribution in [0.4, 0.5) is 0 Å². The van der Waals surface area contributed by atoms with Gasteiger partial charge >= 0.3 is 0 Å². The van der Waals surface area contributed by atoms with Crippen molar-refractivity contribution in [2.24, 2.45) is 5.92 Å². The Morgan fingerprint density at radius 2 is 1.91 bits per heavy atom. The molecule has 2 aliphatic heterocycles. The van der Waals surface area contributed by atoms with Gasteiger partial charge in [-0.2, -0.15) is 0 Å². The molecule has 3 heterocycles. The molecule has 23 heavy (non-hydrogen) atoms. The lowest BCUT2D eigenvalue weighted by molar-refractivity contribution is -0.133. The normalized spacial score (nSPS) is 20.9. The summed E-state index contributed by atoms with van der Waals surface area (Å²) in [6.45, 7) is 5.66. The second-order valence-corrected chi connectivity index (χ2v) is 6.69. The maximum Gasteiger partial charge on any atom is 0.253 e. The Morgan fingerprint density at radius 1 is 1.09 bits per heavy atom. The Kier molecular flexibility index (Phi) is 5.43. The van der Waals surface area contributed by atoms with Crippen LogP contribution >= 0.6 is 0 Å². The predicted octanol–water partition coefficient (Wildman–Crippen LogP) is 0.968. The van der Waals surface area contributed by atoms with Crippen molar-refractivity contribution in [1.82, 2.24) is 19.4 Å². The van der Waals surface area contributed by atoms with E-state index in [-0.39, 0.29) is 5.56 Å². The molecule has 0 unspecified atom stereocenters. The molecular formula is C17H26N4O2. The van der Waals surface area contributed by atoms with Crippen molar-refractivity contribution in [2.45, 2.75) is 38.6 Å². The minimum absolute atomic E-state index is 0.0334. The molecule has 1 amide bonds. The van der Waals surface area contributed by atoms with Gasteiger partial charge in [-0.05, 0) is 44.7 Å². The van der Waals surface area contributed by atoms with Crippen molar-refractivity contribution < 1.29 is 4.79 Å². The highest BCUT2D eigenvalue weighted by atomic mass is 16.2. The Bertz CT molecular complexity index is 578. The maximum atomic E-state index is 11.8. The zero-order valence-corrected chi connectivity index (χ0v) is 13.7. The average Bonchev–Trinajstić information content (AvgIpc) is 2.57. The van der Waals surface area contributed by atoms with E-state index in [1.807, 2.05) is 4.90 Å². The predicted molar refractivity (Wildman–Crippen MR) is 88.1 cm³/mol. The van der Waals surface area contributed by atoms with Gasteiger partial charge in [-0.15, -0.1) is 0 Å². The number of aromatic nitrogens is 2. The highest BCUT2D eigenvalue weighted by Gasteiger charge is 2.22. The topological polar surface area (TPSA) is 58.4 Å². The van der Waals surface area contributed by atoms with Gasteiger partial charge in [0, 0.05) is 44.9 Å². The fraction of sp³-hybridized carbons (Fsp3) is 0.706. The van der Waals surface area contributed by atoms with Crippen LogP contribution in [0.3, 0.4) is 0 Å². The van der Waals surface area contributed by atoms with Crippen LogP contribution in [-0.4, -0.2) is 58.0 Å². The van der Waals surface area contributed by atoms with E-state index < -0.39 is 0 Å². The third-order valence-electron chi connectivity index (χ3n) is 5.06. The fourth-order valence-electron chi connectivity index (χ4n) is 3.55. The van der Waals surface area contributed by atoms with E-state index in [1.165, 1.54) is 6.07 Å². The van der Waals surface area contributed by atoms with Crippen molar-refractivity contribution in [2.75, 3.05) is 32.7 Å². The van der Waals surface area contributed by atoms with Gasteiger partial charge in [0.15, 0.2) is 0 Å². The molecule has 0 bridgehead atoms. The summed E-state index contributed by atoms with van der Waals surface area (Å²) in [4.78, 5) is 32.1. The van der Waals surface area contributed by atoms with Crippen LogP contribution in [0, 0.1) is 5.92 Å². The summed E-state index contributed by atoms with van der Waals surface area (Å²) < 4.78 is 1.72. The number of carbonyl (C=O) groups is 1. The second kappa shape index (κ2) is 7.73. The molecule has 0 saturated carbocycles. The zero-order chi connectivity index (χ0) is 16.1. The third kappa shape index (κ3) is 4.41. The Hall–Kier alpha value is -1.69. The first-order chi connectivity index (χ1) is 11.2. The molecule has 0 N–H and O–H groups in total. The largest absolute Gasteiger partial charge is 0.341 e. The van der Waals surface area contributed by atoms with Crippen LogP contribution in [0.15, 0.2) is 23.4 Å². The van der Waals surface area contributed by atoms with E-state index in [0.29, 0.717) is 11.8 Å². The molecular weight excluding hydrogens is 292 g/mol. The van der Waals surface area contributed by atoms with E-state index in [1.54, 1.807) is 17.1 Å². The van der Waals surface area contributed by atoms with Crippen LogP contribution in [0.2, 0.25) is 0 Å². The summed E-state index contributed by atoms with van der Waals surface area (Å²) in [7, 11) is 0. The molecule has 0 aromatic carbocycles. The molecule has 6 heteroatoms. The van der Waals surface area contributed by atoms with E-state index in [0.717, 1.165) is 71.4 Å². The Labute approximate surface area is 137 Å². The number of rotatable bonds is 5. The molecule has 2 aliphatic rings. The number of amides is 1. The van der Waals surface area contributed by atoms with Gasteiger partial charge in [-0.25, -0.2) is 4.98 Å². The van der Waals surface area contributed by atoms with Gasteiger partial charge in [0.05, 0.1) is 6.33 Å². The molecule has 0 aliphatic carbocycles. The van der Waals surface area contributed by atoms with Crippen molar-refractivity contribution >= 4 is 5.91 Å². The number of piperidine rings is 2. The van der Waals surface area contributed by atoms with Gasteiger partial charge in [0.2, 0.25) is 5.91 Å². The molecule has 1 aromatic rings. The maximum absolute atomic E-state index is 11.8. The van der Waals surface area contributed by atoms with Crippen molar-refractivity contribution in [3.8, 4) is 0 Å². The number of nitrogens with zero attached hydrogens (tertiary/aromatic N) is 4. The molecule has 2 fully saturated rings. The lowest BCUT2D eigenvalue weighted by Crippen LogP contribution is -2.43. The molecule has 126 valence electrons. The van der Waals surface area contributed by atoms with E-state index in [4.69, 9.17) is 0 Å². The van der Waals surface area contributed by atoms with Gasteiger partial charge in [0.25, 0.3) is 5.56 Å². The summed E-state index contributed by atoms with van der Waals surface area (Å²) in [6.07, 6.45) is 8.31. The fourth-order valence-corrected chi connectivity index (χ4v) is 3.55. The van der Waals surface area contributed by atoms with Crippen molar-refractivity contribution in [3.05, 3.63) is 28.9 Å². The van der Waals surface area contributed by atoms with E-state index >= 15 is 0 Å². The van der Waals surface area contributed by atoms with Crippen LogP contribution in [0.1, 0.15) is 32.1 Å². The summed E-state index contributed by atoms with van der Waals surface area (Å²) in [5.41, 5.74) is 0.0334. The van der Waals surface area contributed by atoms with Crippen molar-refractivity contribution in [3.63, 3.8) is 0 Å². The number of hydrogen-bond acceptors (Lipinski definition) is 4. The highest BCUT2D eigenvalue weighted by Crippen LogP contribution is 2.18. The molecule has 0 spiro atoms. The number of likely N-dealkylation sites (tertiary alicyclic amines) is 2. The summed E-state index contributed by atoms with van der Waals surface area (Å²) in [5.74, 6) is 0.867. The lowest BCUT2D eigenvalue weighted by Gasteiger charge is -2.34. The first kappa shape index (κ1) is 16.2. The average molecular weight is 318 g/mol. The minimum atomic E-state index is 0.0334. The summed E-state index contributed by atoms with van der Waals surface area (Å²) in [5, 5.41) is 0. The zero-order valence-electron chi connectivity index (χ0n) is 13.7. The number of hydrogen-bond donors (Lipinski definition) is 0. The second-order valence-electron chi connectivity index (χ2n) is 6.69. The van der Waals surface area contributed by atoms with Crippen LogP contribution in [-0.2, 0) is 11.3 Å². The van der Waals surface area contributed by atoms with Crippen LogP contribution in [0.25, 0.3) is 0 Å². The molecule has 6 nitrogen and oxygen atoms in total. The molecule has 2 saturated heterocycles.